The lowest BCUT2D eigenvalue weighted by Gasteiger charge is -2.28. The van der Waals surface area contributed by atoms with Gasteiger partial charge in [0.2, 0.25) is 0 Å². The van der Waals surface area contributed by atoms with E-state index in [0.29, 0.717) is 5.92 Å². The van der Waals surface area contributed by atoms with E-state index in [1.165, 1.54) is 0 Å². The van der Waals surface area contributed by atoms with Crippen molar-refractivity contribution in [2.24, 2.45) is 5.92 Å². The Kier molecular flexibility index (Phi) is 2.91. The number of benzene rings is 1. The zero-order chi connectivity index (χ0) is 10.2. The summed E-state index contributed by atoms with van der Waals surface area (Å²) in [7, 11) is 0. The Morgan fingerprint density at radius 1 is 1.50 bits per heavy atom. The van der Waals surface area contributed by atoms with Crippen LogP contribution in [0.4, 0.5) is 0 Å². The van der Waals surface area contributed by atoms with Gasteiger partial charge >= 0.3 is 0 Å². The smallest absolute Gasteiger partial charge is 0.103 e. The van der Waals surface area contributed by atoms with Crippen LogP contribution < -0.4 is 0 Å². The highest BCUT2D eigenvalue weighted by atomic mass is 79.9. The summed E-state index contributed by atoms with van der Waals surface area (Å²) in [5, 5.41) is 10.6. The van der Waals surface area contributed by atoms with Crippen molar-refractivity contribution >= 4 is 27.7 Å². The molecule has 1 aromatic rings. The number of aliphatic hydroxyl groups is 1. The van der Waals surface area contributed by atoms with E-state index in [1.54, 1.807) is 0 Å². The zero-order valence-electron chi connectivity index (χ0n) is 8.03. The third-order valence-electron chi connectivity index (χ3n) is 2.85. The van der Waals surface area contributed by atoms with E-state index in [0.717, 1.165) is 21.5 Å². The second-order valence-corrected chi connectivity index (χ2v) is 5.70. The quantitative estimate of drug-likeness (QED) is 0.848. The summed E-state index contributed by atoms with van der Waals surface area (Å²) in [4.78, 5) is 0. The highest BCUT2D eigenvalue weighted by molar-refractivity contribution is 9.10. The average Bonchev–Trinajstić information content (AvgIpc) is 2.49. The van der Waals surface area contributed by atoms with Gasteiger partial charge in [-0.25, -0.2) is 0 Å². The first-order chi connectivity index (χ1) is 6.64. The molecule has 0 aliphatic carbocycles. The van der Waals surface area contributed by atoms with Crippen molar-refractivity contribution in [3.8, 4) is 0 Å². The van der Waals surface area contributed by atoms with Crippen LogP contribution in [0.1, 0.15) is 12.5 Å². The molecule has 14 heavy (non-hydrogen) atoms. The molecule has 0 aromatic heterocycles. The minimum absolute atomic E-state index is 0.325. The minimum atomic E-state index is -0.648. The first-order valence-corrected chi connectivity index (χ1v) is 6.64. The van der Waals surface area contributed by atoms with Crippen LogP contribution >= 0.6 is 27.7 Å². The molecule has 76 valence electrons. The summed E-state index contributed by atoms with van der Waals surface area (Å²) in [5.74, 6) is 2.17. The maximum absolute atomic E-state index is 10.6. The Bertz CT molecular complexity index is 342. The number of thioether (sulfide) groups is 1. The minimum Gasteiger partial charge on any atom is -0.384 e. The first-order valence-electron chi connectivity index (χ1n) is 4.70. The van der Waals surface area contributed by atoms with Crippen LogP contribution in [-0.2, 0) is 5.60 Å². The van der Waals surface area contributed by atoms with Crippen LogP contribution in [0.2, 0.25) is 0 Å². The van der Waals surface area contributed by atoms with Gasteiger partial charge in [-0.15, -0.1) is 0 Å². The maximum atomic E-state index is 10.6. The molecule has 0 saturated carbocycles. The molecule has 0 radical (unpaired) electrons. The van der Waals surface area contributed by atoms with Crippen molar-refractivity contribution in [3.05, 3.63) is 34.3 Å². The molecule has 2 rings (SSSR count). The molecule has 1 N–H and O–H groups in total. The Morgan fingerprint density at radius 3 is 2.79 bits per heavy atom. The van der Waals surface area contributed by atoms with Gasteiger partial charge in [0, 0.05) is 10.2 Å². The van der Waals surface area contributed by atoms with E-state index in [2.05, 4.69) is 22.9 Å². The van der Waals surface area contributed by atoms with Crippen molar-refractivity contribution in [1.29, 1.82) is 0 Å². The summed E-state index contributed by atoms with van der Waals surface area (Å²) >= 11 is 5.32. The van der Waals surface area contributed by atoms with Gasteiger partial charge in [-0.05, 0) is 23.3 Å². The maximum Gasteiger partial charge on any atom is 0.103 e. The molecular formula is C11H13BrOS. The van der Waals surface area contributed by atoms with Gasteiger partial charge in [0.25, 0.3) is 0 Å². The molecule has 1 nitrogen and oxygen atoms in total. The van der Waals surface area contributed by atoms with Crippen molar-refractivity contribution in [1.82, 2.24) is 0 Å². The van der Waals surface area contributed by atoms with Crippen LogP contribution in [0.3, 0.4) is 0 Å². The SMILES string of the molecule is CC1CSCC1(O)c1ccccc1Br. The summed E-state index contributed by atoms with van der Waals surface area (Å²) in [6, 6.07) is 7.95. The van der Waals surface area contributed by atoms with Crippen molar-refractivity contribution in [3.63, 3.8) is 0 Å². The molecule has 1 saturated heterocycles. The van der Waals surface area contributed by atoms with E-state index < -0.39 is 5.60 Å². The lowest BCUT2D eigenvalue weighted by Crippen LogP contribution is -2.32. The molecule has 1 aliphatic heterocycles. The molecule has 3 heteroatoms. The molecule has 0 spiro atoms. The first kappa shape index (κ1) is 10.5. The predicted octanol–water partition coefficient (Wildman–Crippen LogP) is 3.02. The molecule has 0 amide bonds. The standard InChI is InChI=1S/C11H13BrOS/c1-8-6-14-7-11(8,13)9-4-2-3-5-10(9)12/h2-5,8,13H,6-7H2,1H3. The largest absolute Gasteiger partial charge is 0.384 e. The van der Waals surface area contributed by atoms with Gasteiger partial charge in [0.1, 0.15) is 5.60 Å². The molecule has 1 fully saturated rings. The highest BCUT2D eigenvalue weighted by Gasteiger charge is 2.41. The fourth-order valence-corrected chi connectivity index (χ4v) is 3.95. The molecule has 2 atom stereocenters. The molecule has 0 bridgehead atoms. The highest BCUT2D eigenvalue weighted by Crippen LogP contribution is 2.43. The Labute approximate surface area is 97.0 Å². The Morgan fingerprint density at radius 2 is 2.21 bits per heavy atom. The topological polar surface area (TPSA) is 20.2 Å². The van der Waals surface area contributed by atoms with E-state index in [-0.39, 0.29) is 0 Å². The number of hydrogen-bond acceptors (Lipinski definition) is 2. The van der Waals surface area contributed by atoms with Gasteiger partial charge in [0.15, 0.2) is 0 Å². The van der Waals surface area contributed by atoms with E-state index in [4.69, 9.17) is 0 Å². The lowest BCUT2D eigenvalue weighted by atomic mass is 9.85. The van der Waals surface area contributed by atoms with Gasteiger partial charge in [-0.3, -0.25) is 0 Å². The predicted molar refractivity (Wildman–Crippen MR) is 64.5 cm³/mol. The lowest BCUT2D eigenvalue weighted by molar-refractivity contribution is 0.0227. The molecule has 1 heterocycles. The normalized spacial score (nSPS) is 32.1. The third kappa shape index (κ3) is 1.62. The summed E-state index contributed by atoms with van der Waals surface area (Å²) in [5.41, 5.74) is 0.377. The van der Waals surface area contributed by atoms with Crippen molar-refractivity contribution in [2.45, 2.75) is 12.5 Å². The van der Waals surface area contributed by atoms with Gasteiger partial charge in [0.05, 0.1) is 0 Å². The van der Waals surface area contributed by atoms with Crippen LogP contribution in [0, 0.1) is 5.92 Å². The molecular weight excluding hydrogens is 260 g/mol. The number of rotatable bonds is 1. The summed E-state index contributed by atoms with van der Waals surface area (Å²) in [6.45, 7) is 2.11. The second kappa shape index (κ2) is 3.87. The van der Waals surface area contributed by atoms with E-state index >= 15 is 0 Å². The van der Waals surface area contributed by atoms with Crippen LogP contribution in [0.25, 0.3) is 0 Å². The second-order valence-electron chi connectivity index (χ2n) is 3.82. The van der Waals surface area contributed by atoms with Crippen LogP contribution in [0.15, 0.2) is 28.7 Å². The molecule has 1 aromatic carbocycles. The van der Waals surface area contributed by atoms with Crippen LogP contribution in [0.5, 0.6) is 0 Å². The van der Waals surface area contributed by atoms with Crippen LogP contribution in [-0.4, -0.2) is 16.6 Å². The molecule has 1 aliphatic rings. The van der Waals surface area contributed by atoms with E-state index in [1.807, 2.05) is 36.0 Å². The zero-order valence-corrected chi connectivity index (χ0v) is 10.4. The molecule has 2 unspecified atom stereocenters. The van der Waals surface area contributed by atoms with E-state index in [9.17, 15) is 5.11 Å². The fraction of sp³-hybridized carbons (Fsp3) is 0.455. The van der Waals surface area contributed by atoms with Gasteiger partial charge in [-0.2, -0.15) is 11.8 Å². The monoisotopic (exact) mass is 272 g/mol. The summed E-state index contributed by atoms with van der Waals surface area (Å²) < 4.78 is 1.01. The van der Waals surface area contributed by atoms with Crippen molar-refractivity contribution < 1.29 is 5.11 Å². The Hall–Kier alpha value is 0.01000. The third-order valence-corrected chi connectivity index (χ3v) is 4.92. The number of hydrogen-bond donors (Lipinski definition) is 1. The van der Waals surface area contributed by atoms with Crippen molar-refractivity contribution in [2.75, 3.05) is 11.5 Å². The van der Waals surface area contributed by atoms with Gasteiger partial charge in [-0.1, -0.05) is 41.1 Å². The summed E-state index contributed by atoms with van der Waals surface area (Å²) in [6.07, 6.45) is 0. The average molecular weight is 273 g/mol. The Balaban J connectivity index is 2.43. The number of halogens is 1. The van der Waals surface area contributed by atoms with Gasteiger partial charge < -0.3 is 5.11 Å². The fourth-order valence-electron chi connectivity index (χ4n) is 1.83.